The van der Waals surface area contributed by atoms with Crippen molar-refractivity contribution in [3.63, 3.8) is 0 Å². The van der Waals surface area contributed by atoms with Crippen molar-refractivity contribution in [2.75, 3.05) is 13.2 Å². The Morgan fingerprint density at radius 2 is 2.06 bits per heavy atom. The molecule has 180 valence electrons. The van der Waals surface area contributed by atoms with Gasteiger partial charge in [0.1, 0.15) is 23.0 Å². The molecule has 3 heterocycles. The number of aromatic nitrogens is 1. The fourth-order valence-corrected chi connectivity index (χ4v) is 4.68. The van der Waals surface area contributed by atoms with Gasteiger partial charge in [0, 0.05) is 6.08 Å². The van der Waals surface area contributed by atoms with Gasteiger partial charge in [-0.15, -0.1) is 0 Å². The molecule has 1 aliphatic rings. The van der Waals surface area contributed by atoms with Crippen LogP contribution in [0.15, 0.2) is 74.5 Å². The molecule has 1 atom stereocenters. The van der Waals surface area contributed by atoms with Crippen LogP contribution in [-0.4, -0.2) is 28.7 Å². The van der Waals surface area contributed by atoms with Gasteiger partial charge in [0.15, 0.2) is 4.80 Å². The van der Waals surface area contributed by atoms with E-state index < -0.39 is 28.4 Å². The summed E-state index contributed by atoms with van der Waals surface area (Å²) in [7, 11) is 0. The summed E-state index contributed by atoms with van der Waals surface area (Å²) in [6.45, 7) is 7.52. The lowest BCUT2D eigenvalue weighted by molar-refractivity contribution is -0.402. The lowest BCUT2D eigenvalue weighted by atomic mass is 9.96. The van der Waals surface area contributed by atoms with Gasteiger partial charge >= 0.3 is 11.9 Å². The molecule has 2 aromatic heterocycles. The standard InChI is InChI=1S/C24H21N3O7S/c1-4-12-33-16-8-6-15(7-9-16)21-20(23(29)32-5-2)14(3)25-24-26(21)22(28)18(35-24)13-17-10-11-19(34-17)27(30)31/h4,6-11,13,21H,1,5,12H2,2-3H3. The number of ether oxygens (including phenoxy) is 2. The van der Waals surface area contributed by atoms with Gasteiger partial charge in [-0.2, -0.15) is 0 Å². The number of esters is 1. The van der Waals surface area contributed by atoms with E-state index in [4.69, 9.17) is 13.9 Å². The average molecular weight is 496 g/mol. The Hall–Kier alpha value is -4.25. The van der Waals surface area contributed by atoms with Crippen molar-refractivity contribution in [2.24, 2.45) is 4.99 Å². The van der Waals surface area contributed by atoms with Crippen molar-refractivity contribution in [3.05, 3.63) is 101 Å². The maximum absolute atomic E-state index is 13.5. The smallest absolute Gasteiger partial charge is 0.433 e. The van der Waals surface area contributed by atoms with E-state index in [1.807, 2.05) is 0 Å². The number of carbonyl (C=O) groups excluding carboxylic acids is 1. The fourth-order valence-electron chi connectivity index (χ4n) is 3.66. The fraction of sp³-hybridized carbons (Fsp3) is 0.208. The molecule has 1 aromatic carbocycles. The molecule has 11 heteroatoms. The lowest BCUT2D eigenvalue weighted by Crippen LogP contribution is -2.39. The van der Waals surface area contributed by atoms with Gasteiger partial charge in [-0.05, 0) is 37.6 Å². The zero-order valence-electron chi connectivity index (χ0n) is 18.9. The van der Waals surface area contributed by atoms with Crippen molar-refractivity contribution < 1.29 is 23.6 Å². The minimum absolute atomic E-state index is 0.156. The number of fused-ring (bicyclic) bond motifs is 1. The van der Waals surface area contributed by atoms with Crippen LogP contribution in [0.1, 0.15) is 31.2 Å². The predicted octanol–water partition coefficient (Wildman–Crippen LogP) is 2.86. The highest BCUT2D eigenvalue weighted by atomic mass is 32.1. The highest BCUT2D eigenvalue weighted by molar-refractivity contribution is 7.07. The largest absolute Gasteiger partial charge is 0.490 e. The van der Waals surface area contributed by atoms with Gasteiger partial charge in [0.05, 0.1) is 34.5 Å². The lowest BCUT2D eigenvalue weighted by Gasteiger charge is -2.24. The van der Waals surface area contributed by atoms with Gasteiger partial charge in [0.2, 0.25) is 0 Å². The zero-order chi connectivity index (χ0) is 25.1. The Balaban J connectivity index is 1.87. The number of hydrogen-bond acceptors (Lipinski definition) is 9. The minimum Gasteiger partial charge on any atom is -0.490 e. The first-order chi connectivity index (χ1) is 16.8. The monoisotopic (exact) mass is 495 g/mol. The van der Waals surface area contributed by atoms with Crippen LogP contribution in [0.25, 0.3) is 6.08 Å². The molecule has 0 aliphatic carbocycles. The SMILES string of the molecule is C=CCOc1ccc(C2C(C(=O)OCC)=C(C)N=c3sc(=Cc4ccc([N+](=O)[O-])o4)c(=O)n32)cc1. The molecule has 0 radical (unpaired) electrons. The Labute approximate surface area is 202 Å². The zero-order valence-corrected chi connectivity index (χ0v) is 19.7. The quantitative estimate of drug-likeness (QED) is 0.204. The first kappa shape index (κ1) is 23.9. The summed E-state index contributed by atoms with van der Waals surface area (Å²) in [4.78, 5) is 41.5. The molecule has 4 rings (SSSR count). The third-order valence-electron chi connectivity index (χ3n) is 5.15. The van der Waals surface area contributed by atoms with E-state index >= 15 is 0 Å². The van der Waals surface area contributed by atoms with Crippen LogP contribution in [0, 0.1) is 10.1 Å². The molecule has 0 N–H and O–H groups in total. The third-order valence-corrected chi connectivity index (χ3v) is 6.13. The second-order valence-corrected chi connectivity index (χ2v) is 8.41. The van der Waals surface area contributed by atoms with Crippen molar-refractivity contribution in [1.82, 2.24) is 4.57 Å². The van der Waals surface area contributed by atoms with Gasteiger partial charge in [-0.25, -0.2) is 9.79 Å². The summed E-state index contributed by atoms with van der Waals surface area (Å²) in [6, 6.07) is 8.87. The summed E-state index contributed by atoms with van der Waals surface area (Å²) in [5, 5.41) is 10.9. The molecule has 1 unspecified atom stereocenters. The number of carbonyl (C=O) groups is 1. The topological polar surface area (TPSA) is 126 Å². The Bertz CT molecular complexity index is 1510. The first-order valence-corrected chi connectivity index (χ1v) is 11.4. The summed E-state index contributed by atoms with van der Waals surface area (Å²) in [5.74, 6) is -0.231. The van der Waals surface area contributed by atoms with Gasteiger partial charge in [-0.1, -0.05) is 36.1 Å². The number of hydrogen-bond donors (Lipinski definition) is 0. The Kier molecular flexibility index (Phi) is 6.78. The summed E-state index contributed by atoms with van der Waals surface area (Å²) in [5.41, 5.74) is 0.926. The molecule has 0 spiro atoms. The Morgan fingerprint density at radius 3 is 2.69 bits per heavy atom. The highest BCUT2D eigenvalue weighted by Crippen LogP contribution is 2.31. The van der Waals surface area contributed by atoms with Crippen LogP contribution in [0.2, 0.25) is 0 Å². The second-order valence-electron chi connectivity index (χ2n) is 7.40. The van der Waals surface area contributed by atoms with Crippen molar-refractivity contribution >= 4 is 29.3 Å². The van der Waals surface area contributed by atoms with E-state index in [1.54, 1.807) is 44.2 Å². The molecule has 1 aliphatic heterocycles. The molecule has 3 aromatic rings. The number of nitrogens with zero attached hydrogens (tertiary/aromatic N) is 3. The number of nitro groups is 1. The van der Waals surface area contributed by atoms with Crippen molar-refractivity contribution in [2.45, 2.75) is 19.9 Å². The summed E-state index contributed by atoms with van der Waals surface area (Å²) < 4.78 is 17.7. The van der Waals surface area contributed by atoms with E-state index in [9.17, 15) is 19.7 Å². The highest BCUT2D eigenvalue weighted by Gasteiger charge is 2.33. The number of thiazole rings is 1. The number of furan rings is 1. The molecule has 0 saturated heterocycles. The second kappa shape index (κ2) is 9.94. The normalized spacial score (nSPS) is 15.4. The predicted molar refractivity (Wildman–Crippen MR) is 128 cm³/mol. The molecule has 10 nitrogen and oxygen atoms in total. The Morgan fingerprint density at radius 1 is 1.31 bits per heavy atom. The molecule has 0 amide bonds. The van der Waals surface area contributed by atoms with Crippen LogP contribution in [-0.2, 0) is 9.53 Å². The minimum atomic E-state index is -0.785. The number of benzene rings is 1. The van der Waals surface area contributed by atoms with E-state index in [0.717, 1.165) is 11.3 Å². The van der Waals surface area contributed by atoms with Crippen LogP contribution >= 0.6 is 11.3 Å². The van der Waals surface area contributed by atoms with E-state index in [0.29, 0.717) is 28.4 Å². The van der Waals surface area contributed by atoms with Crippen LogP contribution < -0.4 is 19.6 Å². The molecular formula is C24H21N3O7S. The maximum Gasteiger partial charge on any atom is 0.433 e. The molecule has 35 heavy (non-hydrogen) atoms. The average Bonchev–Trinajstić information content (AvgIpc) is 3.42. The van der Waals surface area contributed by atoms with E-state index in [-0.39, 0.29) is 22.5 Å². The molecule has 0 bridgehead atoms. The van der Waals surface area contributed by atoms with Gasteiger partial charge < -0.3 is 13.9 Å². The van der Waals surface area contributed by atoms with Gasteiger partial charge in [-0.3, -0.25) is 19.5 Å². The van der Waals surface area contributed by atoms with Crippen LogP contribution in [0.4, 0.5) is 5.88 Å². The summed E-state index contributed by atoms with van der Waals surface area (Å²) in [6.07, 6.45) is 3.05. The van der Waals surface area contributed by atoms with Crippen molar-refractivity contribution in [1.29, 1.82) is 0 Å². The first-order valence-electron chi connectivity index (χ1n) is 10.6. The molecular weight excluding hydrogens is 474 g/mol. The van der Waals surface area contributed by atoms with E-state index in [1.165, 1.54) is 22.8 Å². The molecule has 0 saturated carbocycles. The number of rotatable bonds is 8. The van der Waals surface area contributed by atoms with Crippen LogP contribution in [0.5, 0.6) is 5.75 Å². The maximum atomic E-state index is 13.5. The van der Waals surface area contributed by atoms with E-state index in [2.05, 4.69) is 11.6 Å². The third kappa shape index (κ3) is 4.71. The summed E-state index contributed by atoms with van der Waals surface area (Å²) >= 11 is 1.09. The van der Waals surface area contributed by atoms with Crippen LogP contribution in [0.3, 0.4) is 0 Å². The molecule has 0 fully saturated rings. The number of allylic oxidation sites excluding steroid dienone is 1. The van der Waals surface area contributed by atoms with Crippen molar-refractivity contribution in [3.8, 4) is 5.75 Å². The van der Waals surface area contributed by atoms with Gasteiger partial charge in [0.25, 0.3) is 5.56 Å².